The van der Waals surface area contributed by atoms with Crippen LogP contribution in [0.3, 0.4) is 0 Å². The molecule has 6 nitrogen and oxygen atoms in total. The van der Waals surface area contributed by atoms with Crippen LogP contribution in [-0.2, 0) is 25.9 Å². The maximum absolute atomic E-state index is 12.5. The van der Waals surface area contributed by atoms with Crippen molar-refractivity contribution >= 4 is 48.9 Å². The molecule has 1 heterocycles. The van der Waals surface area contributed by atoms with Crippen LogP contribution in [0.5, 0.6) is 0 Å². The SMILES string of the molecule is COCCn1c(=NC(=O)CCCS(=O)(=O)c2ccc(Cl)cc2)sc2c(C)cc(C)cc21. The second-order valence-electron chi connectivity index (χ2n) is 7.34. The van der Waals surface area contributed by atoms with Gasteiger partial charge >= 0.3 is 0 Å². The van der Waals surface area contributed by atoms with Crippen LogP contribution < -0.4 is 4.80 Å². The van der Waals surface area contributed by atoms with Gasteiger partial charge < -0.3 is 9.30 Å². The first-order valence-electron chi connectivity index (χ1n) is 9.86. The summed E-state index contributed by atoms with van der Waals surface area (Å²) in [5.41, 5.74) is 3.30. The molecular weight excluding hydrogens is 456 g/mol. The number of benzene rings is 2. The molecule has 166 valence electrons. The number of ether oxygens (including phenoxy) is 1. The predicted octanol–water partition coefficient (Wildman–Crippen LogP) is 4.30. The Morgan fingerprint density at radius 1 is 1.19 bits per heavy atom. The first-order valence-corrected chi connectivity index (χ1v) is 12.7. The summed E-state index contributed by atoms with van der Waals surface area (Å²) in [6, 6.07) is 10.2. The molecule has 0 bridgehead atoms. The number of amides is 1. The average molecular weight is 481 g/mol. The lowest BCUT2D eigenvalue weighted by Crippen LogP contribution is -2.19. The van der Waals surface area contributed by atoms with Gasteiger partial charge in [0.25, 0.3) is 0 Å². The minimum atomic E-state index is -3.47. The average Bonchev–Trinajstić information content (AvgIpc) is 3.03. The fourth-order valence-corrected chi connectivity index (χ4v) is 5.89. The normalized spacial score (nSPS) is 12.6. The van der Waals surface area contributed by atoms with E-state index in [1.165, 1.54) is 23.5 Å². The summed E-state index contributed by atoms with van der Waals surface area (Å²) in [6.45, 7) is 5.16. The van der Waals surface area contributed by atoms with Gasteiger partial charge in [-0.2, -0.15) is 4.99 Å². The summed E-state index contributed by atoms with van der Waals surface area (Å²) in [5.74, 6) is -0.456. The Balaban J connectivity index is 1.78. The van der Waals surface area contributed by atoms with Gasteiger partial charge in [-0.15, -0.1) is 0 Å². The standard InChI is InChI=1S/C22H25ClN2O4S2/c1-15-13-16(2)21-19(14-15)25(10-11-29-3)22(30-21)24-20(26)5-4-12-31(27,28)18-8-6-17(23)7-9-18/h6-9,13-14H,4-5,10-12H2,1-3H3. The number of aromatic nitrogens is 1. The smallest absolute Gasteiger partial charge is 0.248 e. The second kappa shape index (κ2) is 10.1. The number of rotatable bonds is 8. The lowest BCUT2D eigenvalue weighted by Gasteiger charge is -2.06. The largest absolute Gasteiger partial charge is 0.383 e. The molecule has 0 spiro atoms. The number of halogens is 1. The molecule has 0 aliphatic rings. The number of hydrogen-bond donors (Lipinski definition) is 0. The number of carbonyl (C=O) groups is 1. The third-order valence-electron chi connectivity index (χ3n) is 4.83. The summed E-state index contributed by atoms with van der Waals surface area (Å²) in [6.07, 6.45) is 0.262. The molecule has 3 rings (SSSR count). The molecule has 0 saturated heterocycles. The van der Waals surface area contributed by atoms with E-state index in [4.69, 9.17) is 16.3 Å². The number of nitrogens with zero attached hydrogens (tertiary/aromatic N) is 2. The van der Waals surface area contributed by atoms with E-state index in [9.17, 15) is 13.2 Å². The predicted molar refractivity (Wildman–Crippen MR) is 124 cm³/mol. The molecule has 1 aromatic heterocycles. The molecule has 3 aromatic rings. The number of hydrogen-bond acceptors (Lipinski definition) is 5. The summed E-state index contributed by atoms with van der Waals surface area (Å²) in [7, 11) is -1.83. The first kappa shape index (κ1) is 23.7. The van der Waals surface area contributed by atoms with Gasteiger partial charge in [0.2, 0.25) is 5.91 Å². The van der Waals surface area contributed by atoms with E-state index in [0.717, 1.165) is 21.3 Å². The van der Waals surface area contributed by atoms with E-state index in [-0.39, 0.29) is 29.4 Å². The van der Waals surface area contributed by atoms with Gasteiger partial charge in [0.15, 0.2) is 14.6 Å². The Labute approximate surface area is 191 Å². The Morgan fingerprint density at radius 3 is 2.58 bits per heavy atom. The van der Waals surface area contributed by atoms with E-state index >= 15 is 0 Å². The zero-order valence-corrected chi connectivity index (χ0v) is 20.1. The third kappa shape index (κ3) is 5.83. The van der Waals surface area contributed by atoms with Gasteiger partial charge in [-0.25, -0.2) is 8.42 Å². The van der Waals surface area contributed by atoms with Crippen molar-refractivity contribution in [3.05, 3.63) is 57.3 Å². The monoisotopic (exact) mass is 480 g/mol. The molecule has 0 aliphatic heterocycles. The number of aryl methyl sites for hydroxylation is 2. The quantitative estimate of drug-likeness (QED) is 0.481. The molecule has 0 saturated carbocycles. The van der Waals surface area contributed by atoms with Gasteiger partial charge in [0.05, 0.1) is 27.5 Å². The zero-order valence-electron chi connectivity index (χ0n) is 17.7. The maximum atomic E-state index is 12.5. The van der Waals surface area contributed by atoms with Crippen molar-refractivity contribution < 1.29 is 17.9 Å². The van der Waals surface area contributed by atoms with Crippen molar-refractivity contribution in [2.45, 2.75) is 38.1 Å². The lowest BCUT2D eigenvalue weighted by atomic mass is 10.1. The van der Waals surface area contributed by atoms with Gasteiger partial charge in [-0.3, -0.25) is 4.79 Å². The van der Waals surface area contributed by atoms with E-state index in [0.29, 0.717) is 23.0 Å². The molecule has 0 atom stereocenters. The number of methoxy groups -OCH3 is 1. The topological polar surface area (TPSA) is 77.7 Å². The third-order valence-corrected chi connectivity index (χ3v) is 8.13. The Kier molecular flexibility index (Phi) is 7.69. The number of carbonyl (C=O) groups excluding carboxylic acids is 1. The highest BCUT2D eigenvalue weighted by molar-refractivity contribution is 7.91. The van der Waals surface area contributed by atoms with Crippen LogP contribution in [0.25, 0.3) is 10.2 Å². The number of fused-ring (bicyclic) bond motifs is 1. The molecular formula is C22H25ClN2O4S2. The molecule has 9 heteroatoms. The summed E-state index contributed by atoms with van der Waals surface area (Å²) in [5, 5.41) is 0.475. The Morgan fingerprint density at radius 2 is 1.90 bits per heavy atom. The van der Waals surface area contributed by atoms with Crippen LogP contribution in [0.15, 0.2) is 46.3 Å². The minimum Gasteiger partial charge on any atom is -0.383 e. The van der Waals surface area contributed by atoms with Crippen molar-refractivity contribution in [1.29, 1.82) is 0 Å². The highest BCUT2D eigenvalue weighted by atomic mass is 35.5. The fourth-order valence-electron chi connectivity index (χ4n) is 3.33. The van der Waals surface area contributed by atoms with Crippen LogP contribution >= 0.6 is 22.9 Å². The summed E-state index contributed by atoms with van der Waals surface area (Å²) >= 11 is 7.28. The highest BCUT2D eigenvalue weighted by Crippen LogP contribution is 2.23. The van der Waals surface area contributed by atoms with E-state index in [1.807, 2.05) is 18.4 Å². The number of thiazole rings is 1. The summed E-state index contributed by atoms with van der Waals surface area (Å²) in [4.78, 5) is 17.6. The molecule has 0 aliphatic carbocycles. The number of sulfone groups is 1. The van der Waals surface area contributed by atoms with Crippen LogP contribution in [-0.4, -0.2) is 38.4 Å². The van der Waals surface area contributed by atoms with Crippen LogP contribution in [0, 0.1) is 13.8 Å². The Bertz CT molecular complexity index is 1260. The molecule has 0 N–H and O–H groups in total. The highest BCUT2D eigenvalue weighted by Gasteiger charge is 2.15. The van der Waals surface area contributed by atoms with Crippen LogP contribution in [0.1, 0.15) is 24.0 Å². The molecule has 1 amide bonds. The minimum absolute atomic E-state index is 0.0589. The molecule has 0 radical (unpaired) electrons. The van der Waals surface area contributed by atoms with Crippen molar-refractivity contribution in [2.24, 2.45) is 4.99 Å². The van der Waals surface area contributed by atoms with Crippen molar-refractivity contribution in [3.63, 3.8) is 0 Å². The van der Waals surface area contributed by atoms with E-state index < -0.39 is 9.84 Å². The van der Waals surface area contributed by atoms with Crippen molar-refractivity contribution in [1.82, 2.24) is 4.57 Å². The van der Waals surface area contributed by atoms with E-state index in [1.54, 1.807) is 19.2 Å². The van der Waals surface area contributed by atoms with Gasteiger partial charge in [-0.1, -0.05) is 29.0 Å². The molecule has 2 aromatic carbocycles. The van der Waals surface area contributed by atoms with Gasteiger partial charge in [0.1, 0.15) is 0 Å². The van der Waals surface area contributed by atoms with Gasteiger partial charge in [0, 0.05) is 25.1 Å². The zero-order chi connectivity index (χ0) is 22.6. The summed E-state index contributed by atoms with van der Waals surface area (Å²) < 4.78 is 33.2. The Hall–Kier alpha value is -2.00. The van der Waals surface area contributed by atoms with Crippen LogP contribution in [0.4, 0.5) is 0 Å². The molecule has 0 unspecified atom stereocenters. The molecule has 31 heavy (non-hydrogen) atoms. The maximum Gasteiger partial charge on any atom is 0.248 e. The van der Waals surface area contributed by atoms with Crippen molar-refractivity contribution in [2.75, 3.05) is 19.5 Å². The van der Waals surface area contributed by atoms with Crippen LogP contribution in [0.2, 0.25) is 5.02 Å². The van der Waals surface area contributed by atoms with Crippen molar-refractivity contribution in [3.8, 4) is 0 Å². The van der Waals surface area contributed by atoms with E-state index in [2.05, 4.69) is 17.1 Å². The fraction of sp³-hybridized carbons (Fsp3) is 0.364. The molecule has 0 fully saturated rings. The lowest BCUT2D eigenvalue weighted by molar-refractivity contribution is -0.118. The van der Waals surface area contributed by atoms with Gasteiger partial charge in [-0.05, 0) is 61.7 Å². The second-order valence-corrected chi connectivity index (χ2v) is 10.9. The first-order chi connectivity index (χ1) is 14.7.